The minimum absolute atomic E-state index is 0.230. The van der Waals surface area contributed by atoms with Gasteiger partial charge in [-0.05, 0) is 23.8 Å². The number of nitrogens with zero attached hydrogens (tertiary/aromatic N) is 1. The fourth-order valence-corrected chi connectivity index (χ4v) is 2.01. The maximum Gasteiger partial charge on any atom is 0.311 e. The Morgan fingerprint density at radius 3 is 2.78 bits per heavy atom. The zero-order valence-corrected chi connectivity index (χ0v) is 12.5. The average Bonchev–Trinajstić information content (AvgIpc) is 2.50. The molecule has 2 aromatic carbocycles. The number of rotatable bonds is 6. The minimum atomic E-state index is -0.710. The topological polar surface area (TPSA) is 81.5 Å². The van der Waals surface area contributed by atoms with E-state index >= 15 is 0 Å². The maximum atomic E-state index is 13.1. The van der Waals surface area contributed by atoms with Crippen molar-refractivity contribution in [2.75, 3.05) is 6.61 Å². The summed E-state index contributed by atoms with van der Waals surface area (Å²) in [6, 6.07) is 9.72. The van der Waals surface area contributed by atoms with E-state index in [2.05, 4.69) is 5.32 Å². The third kappa shape index (κ3) is 4.93. The van der Waals surface area contributed by atoms with Crippen LogP contribution in [-0.4, -0.2) is 17.4 Å². The van der Waals surface area contributed by atoms with Gasteiger partial charge in [0.05, 0.1) is 4.92 Å². The van der Waals surface area contributed by atoms with Gasteiger partial charge in [-0.3, -0.25) is 14.9 Å². The van der Waals surface area contributed by atoms with Crippen LogP contribution in [0.5, 0.6) is 5.75 Å². The second-order valence-corrected chi connectivity index (χ2v) is 5.00. The Bertz CT molecular complexity index is 739. The summed E-state index contributed by atoms with van der Waals surface area (Å²) in [5.41, 5.74) is 0.386. The van der Waals surface area contributed by atoms with Gasteiger partial charge in [-0.2, -0.15) is 0 Å². The molecule has 0 atom stereocenters. The number of nitro groups is 1. The molecule has 0 saturated heterocycles. The van der Waals surface area contributed by atoms with E-state index in [1.165, 1.54) is 0 Å². The van der Waals surface area contributed by atoms with Crippen LogP contribution in [-0.2, 0) is 11.3 Å². The van der Waals surface area contributed by atoms with E-state index in [4.69, 9.17) is 16.3 Å². The van der Waals surface area contributed by atoms with Crippen molar-refractivity contribution in [2.45, 2.75) is 6.54 Å². The van der Waals surface area contributed by atoms with Gasteiger partial charge in [0, 0.05) is 23.7 Å². The van der Waals surface area contributed by atoms with Gasteiger partial charge in [0.1, 0.15) is 5.82 Å². The predicted molar refractivity (Wildman–Crippen MR) is 81.8 cm³/mol. The summed E-state index contributed by atoms with van der Waals surface area (Å²) in [6.07, 6.45) is 0. The molecule has 0 saturated carbocycles. The molecule has 8 heteroatoms. The first-order valence-electron chi connectivity index (χ1n) is 6.53. The Morgan fingerprint density at radius 2 is 2.09 bits per heavy atom. The van der Waals surface area contributed by atoms with Crippen molar-refractivity contribution in [3.05, 3.63) is 69.0 Å². The lowest BCUT2D eigenvalue weighted by Gasteiger charge is -2.08. The number of halogens is 2. The maximum absolute atomic E-state index is 13.1. The molecule has 0 fully saturated rings. The lowest BCUT2D eigenvalue weighted by molar-refractivity contribution is -0.385. The Hall–Kier alpha value is -2.67. The van der Waals surface area contributed by atoms with Gasteiger partial charge in [-0.15, -0.1) is 0 Å². The van der Waals surface area contributed by atoms with Gasteiger partial charge in [-0.1, -0.05) is 23.7 Å². The molecule has 0 bridgehead atoms. The summed E-state index contributed by atoms with van der Waals surface area (Å²) in [5, 5.41) is 13.9. The zero-order valence-electron chi connectivity index (χ0n) is 11.8. The third-order valence-electron chi connectivity index (χ3n) is 2.86. The molecule has 0 aromatic heterocycles. The number of hydrogen-bond acceptors (Lipinski definition) is 4. The summed E-state index contributed by atoms with van der Waals surface area (Å²) >= 11 is 5.83. The van der Waals surface area contributed by atoms with Crippen LogP contribution < -0.4 is 10.1 Å². The number of hydrogen-bond donors (Lipinski definition) is 1. The summed E-state index contributed by atoms with van der Waals surface area (Å²) < 4.78 is 18.2. The summed E-state index contributed by atoms with van der Waals surface area (Å²) in [5.74, 6) is -1.48. The second-order valence-electron chi connectivity index (χ2n) is 4.56. The number of amides is 1. The van der Waals surface area contributed by atoms with Crippen LogP contribution in [0.15, 0.2) is 42.5 Å². The first kappa shape index (κ1) is 16.7. The van der Waals surface area contributed by atoms with E-state index in [0.29, 0.717) is 5.02 Å². The van der Waals surface area contributed by atoms with E-state index in [1.807, 2.05) is 0 Å². The van der Waals surface area contributed by atoms with E-state index < -0.39 is 28.9 Å². The smallest absolute Gasteiger partial charge is 0.311 e. The lowest BCUT2D eigenvalue weighted by atomic mass is 10.2. The molecule has 0 radical (unpaired) electrons. The molecule has 6 nitrogen and oxygen atoms in total. The fourth-order valence-electron chi connectivity index (χ4n) is 1.80. The van der Waals surface area contributed by atoms with Crippen molar-refractivity contribution < 1.29 is 18.8 Å². The molecule has 120 valence electrons. The van der Waals surface area contributed by atoms with Crippen LogP contribution >= 0.6 is 11.6 Å². The number of benzene rings is 2. The molecular formula is C15H12ClFN2O4. The van der Waals surface area contributed by atoms with Crippen molar-refractivity contribution >= 4 is 23.2 Å². The largest absolute Gasteiger partial charge is 0.477 e. The van der Waals surface area contributed by atoms with Gasteiger partial charge in [0.15, 0.2) is 6.61 Å². The Morgan fingerprint density at radius 1 is 1.30 bits per heavy atom. The number of nitrogens with one attached hydrogen (secondary N) is 1. The van der Waals surface area contributed by atoms with Crippen LogP contribution in [0.2, 0.25) is 5.02 Å². The van der Waals surface area contributed by atoms with E-state index in [0.717, 1.165) is 23.8 Å². The van der Waals surface area contributed by atoms with Crippen LogP contribution in [0.3, 0.4) is 0 Å². The fraction of sp³-hybridized carbons (Fsp3) is 0.133. The van der Waals surface area contributed by atoms with Gasteiger partial charge >= 0.3 is 5.69 Å². The van der Waals surface area contributed by atoms with Gasteiger partial charge in [-0.25, -0.2) is 4.39 Å². The highest BCUT2D eigenvalue weighted by Gasteiger charge is 2.17. The number of carbonyl (C=O) groups excluding carboxylic acids is 1. The Kier molecular flexibility index (Phi) is 5.48. The zero-order chi connectivity index (χ0) is 16.8. The summed E-state index contributed by atoms with van der Waals surface area (Å²) in [6.45, 7) is -0.237. The highest BCUT2D eigenvalue weighted by Crippen LogP contribution is 2.27. The molecule has 1 N–H and O–H groups in total. The molecule has 0 aliphatic rings. The molecule has 0 aliphatic heterocycles. The van der Waals surface area contributed by atoms with Crippen molar-refractivity contribution in [3.8, 4) is 5.75 Å². The predicted octanol–water partition coefficient (Wildman–Crippen LogP) is 3.08. The van der Waals surface area contributed by atoms with Crippen molar-refractivity contribution in [1.29, 1.82) is 0 Å². The van der Waals surface area contributed by atoms with Gasteiger partial charge in [0.2, 0.25) is 5.75 Å². The third-order valence-corrected chi connectivity index (χ3v) is 3.09. The lowest BCUT2D eigenvalue weighted by Crippen LogP contribution is -2.28. The highest BCUT2D eigenvalue weighted by atomic mass is 35.5. The quantitative estimate of drug-likeness (QED) is 0.648. The normalized spacial score (nSPS) is 10.2. The number of ether oxygens (including phenoxy) is 1. The Balaban J connectivity index is 1.92. The van der Waals surface area contributed by atoms with Gasteiger partial charge in [0.25, 0.3) is 5.91 Å². The van der Waals surface area contributed by atoms with Crippen molar-refractivity contribution in [2.24, 2.45) is 0 Å². The molecule has 2 aromatic rings. The summed E-state index contributed by atoms with van der Waals surface area (Å²) in [4.78, 5) is 21.8. The first-order chi connectivity index (χ1) is 11.0. The summed E-state index contributed by atoms with van der Waals surface area (Å²) in [7, 11) is 0. The van der Waals surface area contributed by atoms with E-state index in [1.54, 1.807) is 24.3 Å². The minimum Gasteiger partial charge on any atom is -0.477 e. The molecule has 0 aliphatic carbocycles. The molecular weight excluding hydrogens is 327 g/mol. The van der Waals surface area contributed by atoms with Crippen LogP contribution in [0.25, 0.3) is 0 Å². The average molecular weight is 339 g/mol. The molecule has 0 heterocycles. The molecule has 2 rings (SSSR count). The van der Waals surface area contributed by atoms with Crippen molar-refractivity contribution in [1.82, 2.24) is 5.32 Å². The van der Waals surface area contributed by atoms with Crippen LogP contribution in [0, 0.1) is 15.9 Å². The van der Waals surface area contributed by atoms with Crippen LogP contribution in [0.4, 0.5) is 10.1 Å². The molecule has 23 heavy (non-hydrogen) atoms. The standard InChI is InChI=1S/C15H12ClFN2O4/c16-11-3-1-2-10(6-11)8-18-15(20)9-23-14-7-12(17)4-5-13(14)19(21)22/h1-7H,8-9H2,(H,18,20). The molecule has 0 spiro atoms. The second kappa shape index (κ2) is 7.55. The number of nitro benzene ring substituents is 1. The SMILES string of the molecule is O=C(COc1cc(F)ccc1[N+](=O)[O-])NCc1cccc(Cl)c1. The first-order valence-corrected chi connectivity index (χ1v) is 6.91. The monoisotopic (exact) mass is 338 g/mol. The Labute approximate surface area is 136 Å². The van der Waals surface area contributed by atoms with Crippen molar-refractivity contribution in [3.63, 3.8) is 0 Å². The molecule has 0 unspecified atom stereocenters. The number of carbonyl (C=O) groups is 1. The van der Waals surface area contributed by atoms with Crippen LogP contribution in [0.1, 0.15) is 5.56 Å². The van der Waals surface area contributed by atoms with E-state index in [-0.39, 0.29) is 12.3 Å². The van der Waals surface area contributed by atoms with E-state index in [9.17, 15) is 19.3 Å². The molecule has 1 amide bonds. The highest BCUT2D eigenvalue weighted by molar-refractivity contribution is 6.30. The van der Waals surface area contributed by atoms with Gasteiger partial charge < -0.3 is 10.1 Å².